The number of hydrogen-bond acceptors (Lipinski definition) is 3. The minimum Gasteiger partial charge on any atom is -0.310 e. The number of imidazole rings is 2. The van der Waals surface area contributed by atoms with Crippen LogP contribution in [0.5, 0.6) is 0 Å². The molecule has 0 atom stereocenters. The van der Waals surface area contributed by atoms with E-state index in [0.717, 1.165) is 28.1 Å². The van der Waals surface area contributed by atoms with Gasteiger partial charge < -0.3 is 4.90 Å². The van der Waals surface area contributed by atoms with Gasteiger partial charge in [0.05, 0.1) is 27.8 Å². The Morgan fingerprint density at radius 1 is 0.575 bits per heavy atom. The molecule has 0 amide bonds. The number of anilines is 3. The summed E-state index contributed by atoms with van der Waals surface area (Å²) in [6.07, 6.45) is 4.00. The second-order valence-electron chi connectivity index (χ2n) is 10.9. The summed E-state index contributed by atoms with van der Waals surface area (Å²) in [5.41, 5.74) is 16.5. The zero-order valence-electron chi connectivity index (χ0n) is 22.2. The number of aryl methyl sites for hydroxylation is 2. The second-order valence-corrected chi connectivity index (χ2v) is 10.9. The largest absolute Gasteiger partial charge is 0.310 e. The molecule has 7 aromatic rings. The number of fused-ring (bicyclic) bond motifs is 4. The molecular weight excluding hydrogens is 489 g/mol. The van der Waals surface area contributed by atoms with Gasteiger partial charge in [-0.3, -0.25) is 9.13 Å². The number of hydrogen-bond donors (Lipinski definition) is 0. The van der Waals surface area contributed by atoms with E-state index < -0.39 is 0 Å². The van der Waals surface area contributed by atoms with E-state index in [9.17, 15) is 0 Å². The first-order valence-electron chi connectivity index (χ1n) is 13.7. The molecule has 2 aliphatic heterocycles. The Bertz CT molecular complexity index is 1990. The predicted molar refractivity (Wildman–Crippen MR) is 165 cm³/mol. The maximum Gasteiger partial charge on any atom is 0.252 e. The summed E-state index contributed by atoms with van der Waals surface area (Å²) in [4.78, 5) is 12.2. The molecule has 0 aliphatic carbocycles. The molecule has 2 aromatic heterocycles. The molecule has 5 aromatic carbocycles. The maximum absolute atomic E-state index is 4.93. The van der Waals surface area contributed by atoms with Crippen molar-refractivity contribution in [3.8, 4) is 11.4 Å². The molecule has 6 heteroatoms. The standard InChI is InChI=1S/C34H24BN5/c1-21-13-15-26-33-31(21)36-19-38(33)28-17-25(40(23-9-5-3-6-10-23)24-11-7-4-8-12-24)18-29-30(28)35(26)27-16-14-22(2)32-34(27)39(29)20-37-32/h3-20H,1-2H3. The first-order valence-corrected chi connectivity index (χ1v) is 13.7. The summed E-state index contributed by atoms with van der Waals surface area (Å²) in [5, 5.41) is 0. The molecule has 0 spiro atoms. The summed E-state index contributed by atoms with van der Waals surface area (Å²) in [5.74, 6) is 0. The lowest BCUT2D eigenvalue weighted by Crippen LogP contribution is -2.59. The van der Waals surface area contributed by atoms with Gasteiger partial charge in [-0.05, 0) is 77.8 Å². The number of aromatic nitrogens is 4. The van der Waals surface area contributed by atoms with Crippen molar-refractivity contribution < 1.29 is 0 Å². The molecule has 4 heterocycles. The topological polar surface area (TPSA) is 38.9 Å². The second kappa shape index (κ2) is 7.73. The van der Waals surface area contributed by atoms with E-state index >= 15 is 0 Å². The molecule has 0 N–H and O–H groups in total. The maximum atomic E-state index is 4.93. The SMILES string of the molecule is Cc1ccc2c3c1ncn3-c1cc(N(c3ccccc3)c3ccccc3)cc3c1B2c1ccc(C)c2ncn-3c12. The lowest BCUT2D eigenvalue weighted by Gasteiger charge is -2.35. The predicted octanol–water partition coefficient (Wildman–Crippen LogP) is 5.59. The molecule has 0 saturated carbocycles. The van der Waals surface area contributed by atoms with E-state index in [0.29, 0.717) is 0 Å². The number of rotatable bonds is 3. The third kappa shape index (κ3) is 2.72. The van der Waals surface area contributed by atoms with Gasteiger partial charge in [0.15, 0.2) is 0 Å². The van der Waals surface area contributed by atoms with Crippen LogP contribution >= 0.6 is 0 Å². The quantitative estimate of drug-likeness (QED) is 0.289. The molecule has 0 saturated heterocycles. The first-order chi connectivity index (χ1) is 19.7. The van der Waals surface area contributed by atoms with E-state index in [2.05, 4.69) is 125 Å². The Kier molecular flexibility index (Phi) is 4.21. The Morgan fingerprint density at radius 2 is 1.05 bits per heavy atom. The normalized spacial score (nSPS) is 12.7. The van der Waals surface area contributed by atoms with Crippen molar-refractivity contribution in [3.05, 3.63) is 121 Å². The molecule has 2 aliphatic rings. The van der Waals surface area contributed by atoms with Gasteiger partial charge in [0.1, 0.15) is 12.7 Å². The average Bonchev–Trinajstić information content (AvgIpc) is 3.64. The fourth-order valence-corrected chi connectivity index (χ4v) is 6.91. The zero-order valence-corrected chi connectivity index (χ0v) is 22.2. The monoisotopic (exact) mass is 513 g/mol. The molecule has 0 radical (unpaired) electrons. The van der Waals surface area contributed by atoms with Crippen molar-refractivity contribution in [2.75, 3.05) is 4.90 Å². The Morgan fingerprint density at radius 3 is 1.52 bits per heavy atom. The smallest absolute Gasteiger partial charge is 0.252 e. The summed E-state index contributed by atoms with van der Waals surface area (Å²) < 4.78 is 4.61. The summed E-state index contributed by atoms with van der Waals surface area (Å²) in [7, 11) is 0. The minimum absolute atomic E-state index is 0.112. The van der Waals surface area contributed by atoms with Crippen molar-refractivity contribution in [3.63, 3.8) is 0 Å². The van der Waals surface area contributed by atoms with Crippen LogP contribution in [0.3, 0.4) is 0 Å². The average molecular weight is 513 g/mol. The van der Waals surface area contributed by atoms with Crippen LogP contribution in [-0.2, 0) is 0 Å². The lowest BCUT2D eigenvalue weighted by atomic mass is 9.34. The Labute approximate surface area is 232 Å². The Balaban J connectivity index is 1.43. The van der Waals surface area contributed by atoms with Gasteiger partial charge in [-0.1, -0.05) is 60.7 Å². The van der Waals surface area contributed by atoms with Gasteiger partial charge in [-0.25, -0.2) is 9.97 Å². The molecular formula is C34H24BN5. The first kappa shape index (κ1) is 21.8. The number of para-hydroxylation sites is 2. The highest BCUT2D eigenvalue weighted by molar-refractivity contribution is 7.00. The molecule has 0 bridgehead atoms. The van der Waals surface area contributed by atoms with Crippen LogP contribution in [0.2, 0.25) is 0 Å². The van der Waals surface area contributed by atoms with E-state index in [1.807, 2.05) is 12.7 Å². The Hall–Kier alpha value is -5.10. The van der Waals surface area contributed by atoms with Crippen LogP contribution < -0.4 is 21.3 Å². The molecule has 0 unspecified atom stereocenters. The van der Waals surface area contributed by atoms with E-state index in [-0.39, 0.29) is 6.71 Å². The van der Waals surface area contributed by atoms with Gasteiger partial charge in [0.25, 0.3) is 6.71 Å². The van der Waals surface area contributed by atoms with Gasteiger partial charge in [0, 0.05) is 22.7 Å². The molecule has 40 heavy (non-hydrogen) atoms. The van der Waals surface area contributed by atoms with Gasteiger partial charge in [-0.2, -0.15) is 0 Å². The number of nitrogens with zero attached hydrogens (tertiary/aromatic N) is 5. The van der Waals surface area contributed by atoms with Crippen LogP contribution in [-0.4, -0.2) is 25.8 Å². The van der Waals surface area contributed by atoms with Crippen LogP contribution in [0.25, 0.3) is 33.4 Å². The van der Waals surface area contributed by atoms with Gasteiger partial charge in [0.2, 0.25) is 0 Å². The molecule has 5 nitrogen and oxygen atoms in total. The minimum atomic E-state index is 0.112. The fraction of sp³-hybridized carbons (Fsp3) is 0.0588. The fourth-order valence-electron chi connectivity index (χ4n) is 6.91. The van der Waals surface area contributed by atoms with Crippen LogP contribution in [0, 0.1) is 13.8 Å². The summed E-state index contributed by atoms with van der Waals surface area (Å²) in [6, 6.07) is 34.9. The van der Waals surface area contributed by atoms with Crippen molar-refractivity contribution >= 4 is 62.2 Å². The van der Waals surface area contributed by atoms with Crippen LogP contribution in [0.4, 0.5) is 17.1 Å². The lowest BCUT2D eigenvalue weighted by molar-refractivity contribution is 1.06. The van der Waals surface area contributed by atoms with E-state index in [1.165, 1.54) is 49.9 Å². The van der Waals surface area contributed by atoms with Crippen molar-refractivity contribution in [2.45, 2.75) is 13.8 Å². The zero-order chi connectivity index (χ0) is 26.5. The van der Waals surface area contributed by atoms with Gasteiger partial charge >= 0.3 is 0 Å². The van der Waals surface area contributed by atoms with E-state index in [4.69, 9.17) is 9.97 Å². The third-order valence-electron chi connectivity index (χ3n) is 8.69. The van der Waals surface area contributed by atoms with Crippen LogP contribution in [0.15, 0.2) is 110 Å². The van der Waals surface area contributed by atoms with Crippen molar-refractivity contribution in [1.82, 2.24) is 19.1 Å². The molecule has 0 fully saturated rings. The third-order valence-corrected chi connectivity index (χ3v) is 8.69. The van der Waals surface area contributed by atoms with Crippen molar-refractivity contribution in [1.29, 1.82) is 0 Å². The highest BCUT2D eigenvalue weighted by atomic mass is 15.2. The van der Waals surface area contributed by atoms with Gasteiger partial charge in [-0.15, -0.1) is 0 Å². The molecule has 188 valence electrons. The summed E-state index contributed by atoms with van der Waals surface area (Å²) >= 11 is 0. The summed E-state index contributed by atoms with van der Waals surface area (Å²) in [6.45, 7) is 4.42. The van der Waals surface area contributed by atoms with Crippen LogP contribution in [0.1, 0.15) is 11.1 Å². The molecule has 9 rings (SSSR count). The highest BCUT2D eigenvalue weighted by Gasteiger charge is 2.40. The van der Waals surface area contributed by atoms with Crippen molar-refractivity contribution in [2.24, 2.45) is 0 Å². The van der Waals surface area contributed by atoms with E-state index in [1.54, 1.807) is 0 Å². The highest BCUT2D eigenvalue weighted by Crippen LogP contribution is 2.39. The number of benzene rings is 5.